The number of rotatable bonds is 7. The number of amides is 2. The van der Waals surface area contributed by atoms with Gasteiger partial charge < -0.3 is 15.4 Å². The third-order valence-corrected chi connectivity index (χ3v) is 4.74. The number of benzene rings is 3. The lowest BCUT2D eigenvalue weighted by molar-refractivity contribution is 0.0950. The first-order valence-electron chi connectivity index (χ1n) is 9.62. The van der Waals surface area contributed by atoms with Crippen molar-refractivity contribution in [2.45, 2.75) is 26.5 Å². The molecule has 0 saturated heterocycles. The van der Waals surface area contributed by atoms with Crippen molar-refractivity contribution in [2.24, 2.45) is 0 Å². The number of anilines is 1. The van der Waals surface area contributed by atoms with E-state index >= 15 is 0 Å². The van der Waals surface area contributed by atoms with E-state index in [1.165, 1.54) is 0 Å². The molecule has 0 bridgehead atoms. The van der Waals surface area contributed by atoms with Crippen LogP contribution in [0.2, 0.25) is 0 Å². The quantitative estimate of drug-likeness (QED) is 0.488. The van der Waals surface area contributed by atoms with E-state index in [0.29, 0.717) is 29.1 Å². The summed E-state index contributed by atoms with van der Waals surface area (Å²) in [6.07, 6.45) is -0.0496. The van der Waals surface area contributed by atoms with E-state index in [4.69, 9.17) is 4.74 Å². The van der Waals surface area contributed by atoms with Gasteiger partial charge in [0.15, 0.2) is 0 Å². The van der Waals surface area contributed by atoms with Gasteiger partial charge in [0.05, 0.1) is 11.7 Å². The third kappa shape index (κ3) is 5.94. The van der Waals surface area contributed by atoms with Crippen molar-refractivity contribution in [3.63, 3.8) is 0 Å². The van der Waals surface area contributed by atoms with Crippen LogP contribution in [0.5, 0.6) is 5.75 Å². The lowest BCUT2D eigenvalue weighted by atomic mass is 10.1. The summed E-state index contributed by atoms with van der Waals surface area (Å²) in [4.78, 5) is 25.1. The van der Waals surface area contributed by atoms with E-state index in [1.54, 1.807) is 36.4 Å². The Balaban J connectivity index is 1.65. The summed E-state index contributed by atoms with van der Waals surface area (Å²) in [6, 6.07) is 21.8. The maximum atomic E-state index is 12.8. The van der Waals surface area contributed by atoms with Crippen molar-refractivity contribution in [3.05, 3.63) is 94.0 Å². The zero-order chi connectivity index (χ0) is 21.5. The molecule has 0 atom stereocenters. The molecule has 3 aromatic rings. The molecule has 6 heteroatoms. The predicted octanol–water partition coefficient (Wildman–Crippen LogP) is 5.42. The highest BCUT2D eigenvalue weighted by atomic mass is 79.9. The van der Waals surface area contributed by atoms with Crippen LogP contribution in [0.25, 0.3) is 0 Å². The summed E-state index contributed by atoms with van der Waals surface area (Å²) in [5, 5.41) is 5.74. The van der Waals surface area contributed by atoms with Gasteiger partial charge in [0.2, 0.25) is 0 Å². The monoisotopic (exact) mass is 466 g/mol. The molecular weight excluding hydrogens is 444 g/mol. The maximum absolute atomic E-state index is 12.8. The predicted molar refractivity (Wildman–Crippen MR) is 122 cm³/mol. The van der Waals surface area contributed by atoms with E-state index < -0.39 is 0 Å². The van der Waals surface area contributed by atoms with Crippen molar-refractivity contribution in [1.29, 1.82) is 0 Å². The van der Waals surface area contributed by atoms with E-state index in [-0.39, 0.29) is 17.9 Å². The van der Waals surface area contributed by atoms with Crippen molar-refractivity contribution in [3.8, 4) is 5.75 Å². The molecule has 0 spiro atoms. The SMILES string of the molecule is CC(C)Oc1ccc(Br)cc1C(=O)Nc1ccc(C(=O)NCc2ccccc2)cc1. The number of carbonyl (C=O) groups excluding carboxylic acids is 2. The number of halogens is 1. The first-order valence-corrected chi connectivity index (χ1v) is 10.4. The van der Waals surface area contributed by atoms with E-state index in [2.05, 4.69) is 26.6 Å². The van der Waals surface area contributed by atoms with Crippen molar-refractivity contribution < 1.29 is 14.3 Å². The average Bonchev–Trinajstić information content (AvgIpc) is 2.74. The summed E-state index contributed by atoms with van der Waals surface area (Å²) in [5.74, 6) is 0.0622. The van der Waals surface area contributed by atoms with Crippen molar-refractivity contribution in [1.82, 2.24) is 5.32 Å². The molecule has 0 aliphatic carbocycles. The minimum atomic E-state index is -0.284. The second-order valence-corrected chi connectivity index (χ2v) is 7.92. The summed E-state index contributed by atoms with van der Waals surface area (Å²) in [5.41, 5.74) is 2.58. The Labute approximate surface area is 184 Å². The fraction of sp³-hybridized carbons (Fsp3) is 0.167. The smallest absolute Gasteiger partial charge is 0.259 e. The molecule has 0 radical (unpaired) electrons. The maximum Gasteiger partial charge on any atom is 0.259 e. The van der Waals surface area contributed by atoms with Gasteiger partial charge in [-0.25, -0.2) is 0 Å². The van der Waals surface area contributed by atoms with Crippen LogP contribution in [0, 0.1) is 0 Å². The molecule has 154 valence electrons. The fourth-order valence-electron chi connectivity index (χ4n) is 2.82. The van der Waals surface area contributed by atoms with E-state index in [1.807, 2.05) is 50.2 Å². The largest absolute Gasteiger partial charge is 0.490 e. The minimum Gasteiger partial charge on any atom is -0.490 e. The zero-order valence-corrected chi connectivity index (χ0v) is 18.4. The Kier molecular flexibility index (Phi) is 7.25. The third-order valence-electron chi connectivity index (χ3n) is 4.25. The number of hydrogen-bond acceptors (Lipinski definition) is 3. The van der Waals surface area contributed by atoms with Crippen LogP contribution in [0.15, 0.2) is 77.3 Å². The zero-order valence-electron chi connectivity index (χ0n) is 16.8. The first kappa shape index (κ1) is 21.6. The molecule has 0 aromatic heterocycles. The van der Waals surface area contributed by atoms with Crippen LogP contribution >= 0.6 is 15.9 Å². The molecule has 0 heterocycles. The molecule has 2 amide bonds. The topological polar surface area (TPSA) is 67.4 Å². The van der Waals surface area contributed by atoms with Crippen molar-refractivity contribution in [2.75, 3.05) is 5.32 Å². The Morgan fingerprint density at radius 1 is 0.933 bits per heavy atom. The number of hydrogen-bond donors (Lipinski definition) is 2. The molecule has 3 aromatic carbocycles. The number of nitrogens with one attached hydrogen (secondary N) is 2. The second-order valence-electron chi connectivity index (χ2n) is 7.01. The molecule has 0 unspecified atom stereocenters. The van der Waals surface area contributed by atoms with Gasteiger partial charge >= 0.3 is 0 Å². The summed E-state index contributed by atoms with van der Waals surface area (Å²) < 4.78 is 6.52. The molecule has 3 rings (SSSR count). The highest BCUT2D eigenvalue weighted by molar-refractivity contribution is 9.10. The number of ether oxygens (including phenoxy) is 1. The Morgan fingerprint density at radius 2 is 1.63 bits per heavy atom. The van der Waals surface area contributed by atoms with Crippen LogP contribution < -0.4 is 15.4 Å². The fourth-order valence-corrected chi connectivity index (χ4v) is 3.18. The molecule has 0 fully saturated rings. The molecule has 5 nitrogen and oxygen atoms in total. The highest BCUT2D eigenvalue weighted by Gasteiger charge is 2.15. The lowest BCUT2D eigenvalue weighted by Gasteiger charge is -2.15. The van der Waals surface area contributed by atoms with Crippen LogP contribution in [0.3, 0.4) is 0 Å². The van der Waals surface area contributed by atoms with E-state index in [9.17, 15) is 9.59 Å². The lowest BCUT2D eigenvalue weighted by Crippen LogP contribution is -2.22. The molecule has 30 heavy (non-hydrogen) atoms. The van der Waals surface area contributed by atoms with Crippen LogP contribution in [-0.4, -0.2) is 17.9 Å². The highest BCUT2D eigenvalue weighted by Crippen LogP contribution is 2.25. The van der Waals surface area contributed by atoms with E-state index in [0.717, 1.165) is 10.0 Å². The van der Waals surface area contributed by atoms with Gasteiger partial charge in [-0.1, -0.05) is 46.3 Å². The van der Waals surface area contributed by atoms with Gasteiger partial charge in [-0.3, -0.25) is 9.59 Å². The molecular formula is C24H23BrN2O3. The van der Waals surface area contributed by atoms with Crippen molar-refractivity contribution >= 4 is 33.4 Å². The van der Waals surface area contributed by atoms with Gasteiger partial charge in [-0.05, 0) is 61.9 Å². The number of carbonyl (C=O) groups is 2. The van der Waals surface area contributed by atoms with Crippen LogP contribution in [-0.2, 0) is 6.54 Å². The van der Waals surface area contributed by atoms with Gasteiger partial charge in [-0.15, -0.1) is 0 Å². The molecule has 0 aliphatic heterocycles. The summed E-state index contributed by atoms with van der Waals surface area (Å²) in [7, 11) is 0. The molecule has 2 N–H and O–H groups in total. The van der Waals surface area contributed by atoms with Gasteiger partial charge in [0.1, 0.15) is 5.75 Å². The Bertz CT molecular complexity index is 1020. The summed E-state index contributed by atoms with van der Waals surface area (Å²) >= 11 is 3.39. The second kappa shape index (κ2) is 10.1. The van der Waals surface area contributed by atoms with Gasteiger partial charge in [0, 0.05) is 22.3 Å². The summed E-state index contributed by atoms with van der Waals surface area (Å²) in [6.45, 7) is 4.27. The minimum absolute atomic E-state index is 0.0496. The van der Waals surface area contributed by atoms with Crippen LogP contribution in [0.1, 0.15) is 40.1 Å². The Hall–Kier alpha value is -3.12. The van der Waals surface area contributed by atoms with Gasteiger partial charge in [0.25, 0.3) is 11.8 Å². The normalized spacial score (nSPS) is 10.5. The van der Waals surface area contributed by atoms with Crippen LogP contribution in [0.4, 0.5) is 5.69 Å². The molecule has 0 saturated carbocycles. The standard InChI is InChI=1S/C24H23BrN2O3/c1-16(2)30-22-13-10-19(25)14-21(22)24(29)27-20-11-8-18(9-12-20)23(28)26-15-17-6-4-3-5-7-17/h3-14,16H,15H2,1-2H3,(H,26,28)(H,27,29). The molecule has 0 aliphatic rings. The Morgan fingerprint density at radius 3 is 2.30 bits per heavy atom. The first-order chi connectivity index (χ1) is 14.4. The van der Waals surface area contributed by atoms with Gasteiger partial charge in [-0.2, -0.15) is 0 Å². The average molecular weight is 467 g/mol.